The van der Waals surface area contributed by atoms with E-state index in [1.165, 1.54) is 18.2 Å². The molecule has 0 aliphatic carbocycles. The lowest BCUT2D eigenvalue weighted by molar-refractivity contribution is -0.136. The highest BCUT2D eigenvalue weighted by Gasteiger charge is 2.08. The lowest BCUT2D eigenvalue weighted by Crippen LogP contribution is -2.02. The fourth-order valence-electron chi connectivity index (χ4n) is 0.987. The molecule has 0 fully saturated rings. The van der Waals surface area contributed by atoms with Crippen LogP contribution in [0.1, 0.15) is 15.9 Å². The summed E-state index contributed by atoms with van der Waals surface area (Å²) in [6, 6.07) is 4.26. The Morgan fingerprint density at radius 3 is 2.36 bits per heavy atom. The number of halogens is 1. The minimum atomic E-state index is -1.03. The van der Waals surface area contributed by atoms with Crippen LogP contribution in [-0.4, -0.2) is 22.2 Å². The third kappa shape index (κ3) is 2.56. The highest BCUT2D eigenvalue weighted by Crippen LogP contribution is 2.19. The number of carboxylic acids is 2. The van der Waals surface area contributed by atoms with Crippen LogP contribution in [0.5, 0.6) is 0 Å². The molecule has 1 rings (SSSR count). The van der Waals surface area contributed by atoms with Crippen molar-refractivity contribution in [2.45, 2.75) is 6.42 Å². The molecule has 0 heterocycles. The van der Waals surface area contributed by atoms with E-state index in [4.69, 9.17) is 10.2 Å². The normalized spacial score (nSPS) is 9.79. The van der Waals surface area contributed by atoms with E-state index in [0.717, 1.165) is 0 Å². The van der Waals surface area contributed by atoms with Crippen LogP contribution in [0.15, 0.2) is 22.7 Å². The van der Waals surface area contributed by atoms with Crippen molar-refractivity contribution in [2.24, 2.45) is 0 Å². The average Bonchev–Trinajstić information content (AvgIpc) is 2.07. The van der Waals surface area contributed by atoms with Gasteiger partial charge in [-0.1, -0.05) is 22.0 Å². The van der Waals surface area contributed by atoms with Crippen LogP contribution >= 0.6 is 15.9 Å². The molecule has 0 saturated heterocycles. The Kier molecular flexibility index (Phi) is 3.24. The largest absolute Gasteiger partial charge is 0.481 e. The molecule has 0 radical (unpaired) electrons. The third-order valence-electron chi connectivity index (χ3n) is 1.64. The molecule has 14 heavy (non-hydrogen) atoms. The second-order valence-electron chi connectivity index (χ2n) is 2.68. The molecule has 1 aromatic carbocycles. The van der Waals surface area contributed by atoms with Gasteiger partial charge in [-0.05, 0) is 17.7 Å². The van der Waals surface area contributed by atoms with Gasteiger partial charge in [0.15, 0.2) is 0 Å². The molecule has 0 unspecified atom stereocenters. The van der Waals surface area contributed by atoms with Crippen LogP contribution in [0.4, 0.5) is 0 Å². The minimum Gasteiger partial charge on any atom is -0.481 e. The number of hydrogen-bond donors (Lipinski definition) is 2. The zero-order valence-electron chi connectivity index (χ0n) is 7.03. The Balaban J connectivity index is 3.01. The summed E-state index contributed by atoms with van der Waals surface area (Å²) in [5.74, 6) is -1.98. The molecule has 0 saturated carbocycles. The number of aromatic carboxylic acids is 1. The summed E-state index contributed by atoms with van der Waals surface area (Å²) >= 11 is 3.12. The number of rotatable bonds is 3. The number of aliphatic carboxylic acids is 1. The van der Waals surface area contributed by atoms with Gasteiger partial charge in [0.05, 0.1) is 12.0 Å². The summed E-state index contributed by atoms with van der Waals surface area (Å²) in [5.41, 5.74) is 0.688. The van der Waals surface area contributed by atoms with Gasteiger partial charge in [0.25, 0.3) is 0 Å². The van der Waals surface area contributed by atoms with E-state index in [2.05, 4.69) is 15.9 Å². The van der Waals surface area contributed by atoms with Crippen molar-refractivity contribution in [3.63, 3.8) is 0 Å². The van der Waals surface area contributed by atoms with Crippen LogP contribution in [0.3, 0.4) is 0 Å². The highest BCUT2D eigenvalue weighted by atomic mass is 79.9. The molecular formula is C9H7BrO4. The quantitative estimate of drug-likeness (QED) is 0.867. The standard InChI is InChI=1S/C9H7BrO4/c10-7-3-6(9(13)14)2-1-5(7)4-8(11)12/h1-3H,4H2,(H,11,12)(H,13,14). The summed E-state index contributed by atoms with van der Waals surface area (Å²) in [4.78, 5) is 21.0. The van der Waals surface area contributed by atoms with E-state index in [0.29, 0.717) is 10.0 Å². The predicted octanol–water partition coefficient (Wildman–Crippen LogP) is 1.77. The minimum absolute atomic E-state index is 0.125. The molecule has 74 valence electrons. The van der Waals surface area contributed by atoms with Crippen LogP contribution in [-0.2, 0) is 11.2 Å². The van der Waals surface area contributed by atoms with Crippen LogP contribution in [0.2, 0.25) is 0 Å². The van der Waals surface area contributed by atoms with Crippen molar-refractivity contribution in [3.8, 4) is 0 Å². The fraction of sp³-hybridized carbons (Fsp3) is 0.111. The molecule has 5 heteroatoms. The number of carbonyl (C=O) groups is 2. The maximum absolute atomic E-state index is 10.5. The lowest BCUT2D eigenvalue weighted by Gasteiger charge is -2.02. The van der Waals surface area contributed by atoms with Crippen molar-refractivity contribution in [3.05, 3.63) is 33.8 Å². The highest BCUT2D eigenvalue weighted by molar-refractivity contribution is 9.10. The molecule has 0 aliphatic rings. The van der Waals surface area contributed by atoms with E-state index in [9.17, 15) is 9.59 Å². The molecule has 0 bridgehead atoms. The van der Waals surface area contributed by atoms with Crippen LogP contribution < -0.4 is 0 Å². The lowest BCUT2D eigenvalue weighted by atomic mass is 10.1. The van der Waals surface area contributed by atoms with Gasteiger partial charge in [-0.25, -0.2) is 4.79 Å². The smallest absolute Gasteiger partial charge is 0.335 e. The molecule has 0 spiro atoms. The molecule has 0 amide bonds. The Morgan fingerprint density at radius 1 is 1.29 bits per heavy atom. The Morgan fingerprint density at radius 2 is 1.93 bits per heavy atom. The summed E-state index contributed by atoms with van der Waals surface area (Å²) in [6.07, 6.45) is -0.125. The van der Waals surface area contributed by atoms with E-state index >= 15 is 0 Å². The topological polar surface area (TPSA) is 74.6 Å². The second kappa shape index (κ2) is 4.23. The first-order chi connectivity index (χ1) is 6.50. The number of hydrogen-bond acceptors (Lipinski definition) is 2. The Labute approximate surface area is 88.3 Å². The molecular weight excluding hydrogens is 252 g/mol. The average molecular weight is 259 g/mol. The van der Waals surface area contributed by atoms with Crippen LogP contribution in [0, 0.1) is 0 Å². The Bertz CT molecular complexity index is 386. The summed E-state index contributed by atoms with van der Waals surface area (Å²) in [6.45, 7) is 0. The zero-order chi connectivity index (χ0) is 10.7. The molecule has 0 atom stereocenters. The van der Waals surface area contributed by atoms with Gasteiger partial charge in [-0.2, -0.15) is 0 Å². The van der Waals surface area contributed by atoms with Gasteiger partial charge in [-0.15, -0.1) is 0 Å². The van der Waals surface area contributed by atoms with Crippen molar-refractivity contribution in [2.75, 3.05) is 0 Å². The predicted molar refractivity (Wildman–Crippen MR) is 52.4 cm³/mol. The molecule has 2 N–H and O–H groups in total. The van der Waals surface area contributed by atoms with Gasteiger partial charge >= 0.3 is 11.9 Å². The van der Waals surface area contributed by atoms with Crippen molar-refractivity contribution in [1.29, 1.82) is 0 Å². The summed E-state index contributed by atoms with van der Waals surface area (Å²) in [7, 11) is 0. The van der Waals surface area contributed by atoms with Gasteiger partial charge < -0.3 is 10.2 Å². The van der Waals surface area contributed by atoms with Gasteiger partial charge in [-0.3, -0.25) is 4.79 Å². The fourth-order valence-corrected chi connectivity index (χ4v) is 1.51. The van der Waals surface area contributed by atoms with Crippen molar-refractivity contribution >= 4 is 27.9 Å². The monoisotopic (exact) mass is 258 g/mol. The maximum Gasteiger partial charge on any atom is 0.335 e. The first-order valence-electron chi connectivity index (χ1n) is 3.74. The zero-order valence-corrected chi connectivity index (χ0v) is 8.61. The van der Waals surface area contributed by atoms with E-state index in [-0.39, 0.29) is 12.0 Å². The summed E-state index contributed by atoms with van der Waals surface area (Å²) in [5, 5.41) is 17.2. The van der Waals surface area contributed by atoms with Crippen LogP contribution in [0.25, 0.3) is 0 Å². The van der Waals surface area contributed by atoms with E-state index < -0.39 is 11.9 Å². The SMILES string of the molecule is O=C(O)Cc1ccc(C(=O)O)cc1Br. The van der Waals surface area contributed by atoms with Gasteiger partial charge in [0.1, 0.15) is 0 Å². The molecule has 4 nitrogen and oxygen atoms in total. The van der Waals surface area contributed by atoms with Gasteiger partial charge in [0, 0.05) is 4.47 Å². The van der Waals surface area contributed by atoms with Gasteiger partial charge in [0.2, 0.25) is 0 Å². The van der Waals surface area contributed by atoms with Crippen molar-refractivity contribution < 1.29 is 19.8 Å². The van der Waals surface area contributed by atoms with Crippen molar-refractivity contribution in [1.82, 2.24) is 0 Å². The Hall–Kier alpha value is -1.36. The first kappa shape index (κ1) is 10.7. The number of benzene rings is 1. The maximum atomic E-state index is 10.5. The molecule has 0 aromatic heterocycles. The first-order valence-corrected chi connectivity index (χ1v) is 4.53. The summed E-state index contributed by atoms with van der Waals surface area (Å²) < 4.78 is 0.500. The number of carboxylic acid groups (broad SMARTS) is 2. The third-order valence-corrected chi connectivity index (χ3v) is 2.38. The second-order valence-corrected chi connectivity index (χ2v) is 3.54. The van der Waals surface area contributed by atoms with E-state index in [1.54, 1.807) is 0 Å². The van der Waals surface area contributed by atoms with E-state index in [1.807, 2.05) is 0 Å². The molecule has 1 aromatic rings. The molecule has 0 aliphatic heterocycles.